The smallest absolute Gasteiger partial charge is 0.176 e. The first-order chi connectivity index (χ1) is 9.63. The zero-order valence-electron chi connectivity index (χ0n) is 11.3. The average molecular weight is 305 g/mol. The van der Waals surface area contributed by atoms with E-state index in [1.165, 1.54) is 11.5 Å². The number of rotatable bonds is 4. The molecule has 5 nitrogen and oxygen atoms in total. The van der Waals surface area contributed by atoms with Crippen molar-refractivity contribution >= 4 is 28.9 Å². The molecule has 20 heavy (non-hydrogen) atoms. The second kappa shape index (κ2) is 5.51. The minimum atomic E-state index is 0.0885. The van der Waals surface area contributed by atoms with E-state index in [0.717, 1.165) is 33.0 Å². The summed E-state index contributed by atoms with van der Waals surface area (Å²) in [6.45, 7) is 3.90. The normalized spacial score (nSPS) is 12.9. The number of aromatic nitrogens is 4. The first kappa shape index (κ1) is 13.5. The highest BCUT2D eigenvalue weighted by Crippen LogP contribution is 2.32. The molecule has 1 atom stereocenters. The monoisotopic (exact) mass is 305 g/mol. The lowest BCUT2D eigenvalue weighted by Crippen LogP contribution is -2.19. The van der Waals surface area contributed by atoms with Gasteiger partial charge < -0.3 is 10.1 Å². The molecule has 0 spiro atoms. The maximum Gasteiger partial charge on any atom is 0.176 e. The van der Waals surface area contributed by atoms with E-state index in [1.807, 2.05) is 38.2 Å². The number of nitrogens with zero attached hydrogens (tertiary/aromatic N) is 4. The van der Waals surface area contributed by atoms with E-state index >= 15 is 0 Å². The van der Waals surface area contributed by atoms with E-state index in [2.05, 4.69) is 18.7 Å². The predicted molar refractivity (Wildman–Crippen MR) is 81.3 cm³/mol. The van der Waals surface area contributed by atoms with Gasteiger partial charge in [0.15, 0.2) is 4.34 Å². The van der Waals surface area contributed by atoms with Gasteiger partial charge in [-0.05, 0) is 49.3 Å². The van der Waals surface area contributed by atoms with E-state index in [1.54, 1.807) is 11.8 Å². The van der Waals surface area contributed by atoms with Crippen molar-refractivity contribution in [3.63, 3.8) is 0 Å². The van der Waals surface area contributed by atoms with Gasteiger partial charge in [-0.25, -0.2) is 9.97 Å². The summed E-state index contributed by atoms with van der Waals surface area (Å²) in [5, 5.41) is 0.963. The molecule has 0 bridgehead atoms. The highest BCUT2D eigenvalue weighted by Gasteiger charge is 2.16. The lowest BCUT2D eigenvalue weighted by Gasteiger charge is -2.06. The fraction of sp³-hybridized carbons (Fsp3) is 0.308. The van der Waals surface area contributed by atoms with Gasteiger partial charge in [-0.15, -0.1) is 0 Å². The van der Waals surface area contributed by atoms with Crippen molar-refractivity contribution in [2.24, 2.45) is 5.73 Å². The maximum absolute atomic E-state index is 5.97. The second-order valence-electron chi connectivity index (χ2n) is 4.68. The summed E-state index contributed by atoms with van der Waals surface area (Å²) < 4.78 is 7.22. The molecule has 0 radical (unpaired) electrons. The Hall–Kier alpha value is -1.44. The van der Waals surface area contributed by atoms with Crippen LogP contribution in [0.1, 0.15) is 18.4 Å². The van der Waals surface area contributed by atoms with Crippen molar-refractivity contribution in [1.29, 1.82) is 0 Å². The van der Waals surface area contributed by atoms with Crippen molar-refractivity contribution in [3.8, 4) is 0 Å². The highest BCUT2D eigenvalue weighted by atomic mass is 32.2. The Morgan fingerprint density at radius 1 is 1.40 bits per heavy atom. The molecule has 0 fully saturated rings. The van der Waals surface area contributed by atoms with Crippen LogP contribution in [0.2, 0.25) is 0 Å². The first-order valence-electron chi connectivity index (χ1n) is 6.33. The number of fused-ring (bicyclic) bond motifs is 1. The Morgan fingerprint density at radius 2 is 2.25 bits per heavy atom. The molecule has 3 aromatic heterocycles. The number of imidazole rings is 1. The summed E-state index contributed by atoms with van der Waals surface area (Å²) in [6, 6.07) is 6.08. The molecule has 3 rings (SSSR count). The minimum absolute atomic E-state index is 0.0885. The van der Waals surface area contributed by atoms with E-state index in [4.69, 9.17) is 5.73 Å². The standard InChI is InChI=1S/C13H15N5S2/c1-8(14)7-10-12(19-13-15-9(2)17-20-13)16-11-5-3-4-6-18(10)11/h3-6,8H,7,14H2,1-2H3. The van der Waals surface area contributed by atoms with Crippen LogP contribution in [0.15, 0.2) is 33.8 Å². The van der Waals surface area contributed by atoms with Crippen LogP contribution in [-0.2, 0) is 6.42 Å². The highest BCUT2D eigenvalue weighted by molar-refractivity contribution is 8.00. The lowest BCUT2D eigenvalue weighted by molar-refractivity contribution is 0.705. The molecule has 0 saturated carbocycles. The Bertz CT molecular complexity index is 731. The predicted octanol–water partition coefficient (Wildman–Crippen LogP) is 2.54. The quantitative estimate of drug-likeness (QED) is 0.802. The van der Waals surface area contributed by atoms with Crippen LogP contribution in [0.25, 0.3) is 5.65 Å². The average Bonchev–Trinajstić information content (AvgIpc) is 2.95. The SMILES string of the molecule is Cc1nsc(Sc2nc3ccccn3c2CC(C)N)n1. The molecule has 0 aliphatic heterocycles. The largest absolute Gasteiger partial charge is 0.328 e. The zero-order valence-corrected chi connectivity index (χ0v) is 12.9. The minimum Gasteiger partial charge on any atom is -0.328 e. The van der Waals surface area contributed by atoms with Crippen molar-refractivity contribution in [2.75, 3.05) is 0 Å². The van der Waals surface area contributed by atoms with E-state index in [-0.39, 0.29) is 6.04 Å². The molecule has 3 heterocycles. The fourth-order valence-electron chi connectivity index (χ4n) is 2.00. The molecule has 7 heteroatoms. The molecule has 3 aromatic rings. The summed E-state index contributed by atoms with van der Waals surface area (Å²) in [4.78, 5) is 9.07. The molecule has 2 N–H and O–H groups in total. The summed E-state index contributed by atoms with van der Waals surface area (Å²) >= 11 is 2.96. The maximum atomic E-state index is 5.97. The molecular weight excluding hydrogens is 290 g/mol. The summed E-state index contributed by atoms with van der Waals surface area (Å²) in [5.41, 5.74) is 8.04. The van der Waals surface area contributed by atoms with Crippen molar-refractivity contribution in [3.05, 3.63) is 35.9 Å². The van der Waals surface area contributed by atoms with Gasteiger partial charge in [0.05, 0.1) is 5.69 Å². The Kier molecular flexibility index (Phi) is 3.73. The van der Waals surface area contributed by atoms with Crippen LogP contribution < -0.4 is 5.73 Å². The summed E-state index contributed by atoms with van der Waals surface area (Å²) in [6.07, 6.45) is 2.81. The topological polar surface area (TPSA) is 69.1 Å². The van der Waals surface area contributed by atoms with Gasteiger partial charge in [-0.3, -0.25) is 0 Å². The Balaban J connectivity index is 2.04. The molecule has 0 aliphatic rings. The number of aryl methyl sites for hydroxylation is 1. The van der Waals surface area contributed by atoms with Crippen LogP contribution >= 0.6 is 23.3 Å². The molecule has 0 aliphatic carbocycles. The Morgan fingerprint density at radius 3 is 2.95 bits per heavy atom. The van der Waals surface area contributed by atoms with E-state index in [0.29, 0.717) is 0 Å². The van der Waals surface area contributed by atoms with Gasteiger partial charge in [0, 0.05) is 18.7 Å². The molecule has 0 aromatic carbocycles. The second-order valence-corrected chi connectivity index (χ2v) is 6.67. The number of hydrogen-bond acceptors (Lipinski definition) is 6. The van der Waals surface area contributed by atoms with E-state index < -0.39 is 0 Å². The van der Waals surface area contributed by atoms with Gasteiger partial charge in [0.2, 0.25) is 0 Å². The van der Waals surface area contributed by atoms with Crippen molar-refractivity contribution in [2.45, 2.75) is 35.7 Å². The molecule has 0 saturated heterocycles. The molecular formula is C13H15N5S2. The van der Waals surface area contributed by atoms with Crippen molar-refractivity contribution < 1.29 is 0 Å². The molecule has 1 unspecified atom stereocenters. The summed E-state index contributed by atoms with van der Waals surface area (Å²) in [7, 11) is 0. The third-order valence-corrected chi connectivity index (χ3v) is 4.66. The third-order valence-electron chi connectivity index (χ3n) is 2.80. The van der Waals surface area contributed by atoms with Crippen LogP contribution in [0.5, 0.6) is 0 Å². The fourth-order valence-corrected chi connectivity index (χ4v) is 3.70. The van der Waals surface area contributed by atoms with Crippen LogP contribution in [0, 0.1) is 6.92 Å². The number of nitrogens with two attached hydrogens (primary N) is 1. The van der Waals surface area contributed by atoms with Crippen LogP contribution in [-0.4, -0.2) is 24.8 Å². The number of hydrogen-bond donors (Lipinski definition) is 1. The van der Waals surface area contributed by atoms with E-state index in [9.17, 15) is 0 Å². The third kappa shape index (κ3) is 2.70. The van der Waals surface area contributed by atoms with Gasteiger partial charge >= 0.3 is 0 Å². The molecule has 104 valence electrons. The zero-order chi connectivity index (χ0) is 14.1. The van der Waals surface area contributed by atoms with Gasteiger partial charge in [0.1, 0.15) is 16.5 Å². The lowest BCUT2D eigenvalue weighted by atomic mass is 10.2. The van der Waals surface area contributed by atoms with Crippen LogP contribution in [0.4, 0.5) is 0 Å². The summed E-state index contributed by atoms with van der Waals surface area (Å²) in [5.74, 6) is 0.801. The first-order valence-corrected chi connectivity index (χ1v) is 7.92. The number of pyridine rings is 1. The molecule has 0 amide bonds. The van der Waals surface area contributed by atoms with Gasteiger partial charge in [-0.1, -0.05) is 6.07 Å². The van der Waals surface area contributed by atoms with Gasteiger partial charge in [-0.2, -0.15) is 4.37 Å². The van der Waals surface area contributed by atoms with Crippen LogP contribution in [0.3, 0.4) is 0 Å². The Labute approximate surface area is 125 Å². The van der Waals surface area contributed by atoms with Crippen molar-refractivity contribution in [1.82, 2.24) is 18.7 Å². The van der Waals surface area contributed by atoms with Gasteiger partial charge in [0.25, 0.3) is 0 Å².